The Morgan fingerprint density at radius 2 is 2.00 bits per heavy atom. The van der Waals surface area contributed by atoms with Crippen LogP contribution in [0.5, 0.6) is 0 Å². The van der Waals surface area contributed by atoms with E-state index in [4.69, 9.17) is 17.3 Å². The number of aromatic nitrogens is 4. The van der Waals surface area contributed by atoms with Gasteiger partial charge in [-0.05, 0) is 56.9 Å². The number of halogens is 4. The first-order valence-corrected chi connectivity index (χ1v) is 12.4. The molecule has 2 aromatic heterocycles. The Hall–Kier alpha value is -3.86. The van der Waals surface area contributed by atoms with Crippen LogP contribution in [-0.2, 0) is 6.18 Å². The van der Waals surface area contributed by atoms with E-state index < -0.39 is 17.3 Å². The summed E-state index contributed by atoms with van der Waals surface area (Å²) in [6.07, 6.45) is -1.10. The summed E-state index contributed by atoms with van der Waals surface area (Å²) in [5, 5.41) is 14.0. The number of H-pyrrole nitrogens is 1. The van der Waals surface area contributed by atoms with Crippen molar-refractivity contribution < 1.29 is 18.0 Å². The first-order chi connectivity index (χ1) is 18.0. The Morgan fingerprint density at radius 3 is 2.76 bits per heavy atom. The molecule has 0 radical (unpaired) electrons. The van der Waals surface area contributed by atoms with Crippen LogP contribution < -0.4 is 16.4 Å². The summed E-state index contributed by atoms with van der Waals surface area (Å²) in [6.45, 7) is 1.94. The van der Waals surface area contributed by atoms with Crippen LogP contribution in [0.2, 0.25) is 5.02 Å². The number of aromatic amines is 1. The maximum absolute atomic E-state index is 13.8. The van der Waals surface area contributed by atoms with Crippen molar-refractivity contribution in [3.05, 3.63) is 64.8 Å². The molecule has 38 heavy (non-hydrogen) atoms. The standard InChI is InChI=1S/C26H25ClF3N7O/c1-25(35-23(38)14-8-9-19(31)18(27)11-14)10-4-5-15(12-25)33-24-32-13-17(26(28,29)30)22(34-24)21-16-6-2-3-7-20(16)36-37-21/h2-3,6-9,11,13,15H,4-5,10,12,31H2,1H3,(H,35,38)(H,36,37)(H,32,33,34). The molecule has 5 N–H and O–H groups in total. The highest BCUT2D eigenvalue weighted by Gasteiger charge is 2.38. The highest BCUT2D eigenvalue weighted by Crippen LogP contribution is 2.38. The molecule has 2 unspecified atom stereocenters. The monoisotopic (exact) mass is 543 g/mol. The van der Waals surface area contributed by atoms with E-state index >= 15 is 0 Å². The van der Waals surface area contributed by atoms with Gasteiger partial charge in [0.15, 0.2) is 0 Å². The average molecular weight is 544 g/mol. The first kappa shape index (κ1) is 25.8. The van der Waals surface area contributed by atoms with Crippen molar-refractivity contribution in [2.24, 2.45) is 0 Å². The lowest BCUT2D eigenvalue weighted by Gasteiger charge is -2.39. The van der Waals surface area contributed by atoms with Crippen LogP contribution in [0.3, 0.4) is 0 Å². The topological polar surface area (TPSA) is 122 Å². The van der Waals surface area contributed by atoms with Crippen molar-refractivity contribution in [3.63, 3.8) is 0 Å². The maximum Gasteiger partial charge on any atom is 0.420 e. The highest BCUT2D eigenvalue weighted by molar-refractivity contribution is 6.33. The summed E-state index contributed by atoms with van der Waals surface area (Å²) in [5.74, 6) is -0.223. The number of nitrogen functional groups attached to an aromatic ring is 1. The van der Waals surface area contributed by atoms with E-state index in [2.05, 4.69) is 30.8 Å². The molecule has 2 heterocycles. The van der Waals surface area contributed by atoms with Gasteiger partial charge >= 0.3 is 6.18 Å². The lowest BCUT2D eigenvalue weighted by atomic mass is 9.80. The van der Waals surface area contributed by atoms with Crippen molar-refractivity contribution in [2.45, 2.75) is 50.4 Å². The summed E-state index contributed by atoms with van der Waals surface area (Å²) in [4.78, 5) is 21.1. The second kappa shape index (κ2) is 9.79. The van der Waals surface area contributed by atoms with Crippen LogP contribution in [0.4, 0.5) is 24.8 Å². The van der Waals surface area contributed by atoms with Crippen LogP contribution in [-0.4, -0.2) is 37.7 Å². The lowest BCUT2D eigenvalue weighted by Crippen LogP contribution is -2.51. The second-order valence-electron chi connectivity index (χ2n) is 9.76. The van der Waals surface area contributed by atoms with E-state index in [-0.39, 0.29) is 29.3 Å². The Balaban J connectivity index is 1.38. The van der Waals surface area contributed by atoms with Crippen molar-refractivity contribution in [1.82, 2.24) is 25.5 Å². The van der Waals surface area contributed by atoms with Gasteiger partial charge in [-0.2, -0.15) is 18.3 Å². The van der Waals surface area contributed by atoms with Gasteiger partial charge in [-0.1, -0.05) is 29.8 Å². The molecule has 4 aromatic rings. The molecule has 2 atom stereocenters. The molecule has 5 rings (SSSR count). The largest absolute Gasteiger partial charge is 0.420 e. The van der Waals surface area contributed by atoms with Crippen molar-refractivity contribution >= 4 is 40.0 Å². The van der Waals surface area contributed by atoms with Crippen molar-refractivity contribution in [1.29, 1.82) is 0 Å². The molecule has 0 saturated heterocycles. The molecule has 1 saturated carbocycles. The number of alkyl halides is 3. The fourth-order valence-corrected chi connectivity index (χ4v) is 5.08. The maximum atomic E-state index is 13.8. The summed E-state index contributed by atoms with van der Waals surface area (Å²) in [7, 11) is 0. The van der Waals surface area contributed by atoms with E-state index in [1.165, 1.54) is 6.07 Å². The number of benzene rings is 2. The molecule has 2 aromatic carbocycles. The molecule has 1 aliphatic carbocycles. The van der Waals surface area contributed by atoms with Gasteiger partial charge in [-0.25, -0.2) is 9.97 Å². The Kier molecular flexibility index (Phi) is 6.64. The summed E-state index contributed by atoms with van der Waals surface area (Å²) < 4.78 is 41.5. The summed E-state index contributed by atoms with van der Waals surface area (Å²) in [5.41, 5.74) is 5.38. The zero-order valence-corrected chi connectivity index (χ0v) is 21.1. The summed E-state index contributed by atoms with van der Waals surface area (Å²) in [6, 6.07) is 11.4. The van der Waals surface area contributed by atoms with Gasteiger partial charge in [0.1, 0.15) is 17.0 Å². The normalized spacial score (nSPS) is 19.9. The number of amides is 1. The van der Waals surface area contributed by atoms with Crippen LogP contribution in [0, 0.1) is 0 Å². The van der Waals surface area contributed by atoms with Crippen molar-refractivity contribution in [2.75, 3.05) is 11.1 Å². The minimum Gasteiger partial charge on any atom is -0.398 e. The van der Waals surface area contributed by atoms with E-state index in [1.807, 2.05) is 6.92 Å². The predicted octanol–water partition coefficient (Wildman–Crippen LogP) is 5.82. The number of fused-ring (bicyclic) bond motifs is 1. The zero-order chi connectivity index (χ0) is 27.1. The molecule has 0 bridgehead atoms. The molecule has 1 aliphatic rings. The number of nitrogens with one attached hydrogen (secondary N) is 3. The fraction of sp³-hybridized carbons (Fsp3) is 0.308. The van der Waals surface area contributed by atoms with Gasteiger partial charge in [-0.3, -0.25) is 9.89 Å². The zero-order valence-electron chi connectivity index (χ0n) is 20.4. The van der Waals surface area contributed by atoms with E-state index in [9.17, 15) is 18.0 Å². The van der Waals surface area contributed by atoms with Crippen molar-refractivity contribution in [3.8, 4) is 11.4 Å². The molecule has 1 amide bonds. The third kappa shape index (κ3) is 5.24. The number of hydrogen-bond acceptors (Lipinski definition) is 6. The summed E-state index contributed by atoms with van der Waals surface area (Å²) >= 11 is 6.06. The van der Waals surface area contributed by atoms with Gasteiger partial charge in [0.2, 0.25) is 5.95 Å². The molecule has 0 spiro atoms. The molecule has 198 valence electrons. The number of rotatable bonds is 5. The number of carbonyl (C=O) groups is 1. The Bertz CT molecular complexity index is 1510. The Labute approximate surface area is 221 Å². The predicted molar refractivity (Wildman–Crippen MR) is 140 cm³/mol. The van der Waals surface area contributed by atoms with Crippen LogP contribution in [0.15, 0.2) is 48.7 Å². The average Bonchev–Trinajstić information content (AvgIpc) is 3.29. The van der Waals surface area contributed by atoms with Gasteiger partial charge < -0.3 is 16.4 Å². The van der Waals surface area contributed by atoms with Gasteiger partial charge in [0.05, 0.1) is 16.2 Å². The highest BCUT2D eigenvalue weighted by atomic mass is 35.5. The third-order valence-electron chi connectivity index (χ3n) is 6.78. The third-order valence-corrected chi connectivity index (χ3v) is 7.11. The van der Waals surface area contributed by atoms with Crippen LogP contribution in [0.1, 0.15) is 48.5 Å². The fourth-order valence-electron chi connectivity index (χ4n) is 4.90. The molecular formula is C26H25ClF3N7O. The molecule has 1 fully saturated rings. The number of hydrogen-bond donors (Lipinski definition) is 4. The van der Waals surface area contributed by atoms with Gasteiger partial charge in [0.25, 0.3) is 5.91 Å². The molecular weight excluding hydrogens is 519 g/mol. The lowest BCUT2D eigenvalue weighted by molar-refractivity contribution is -0.137. The first-order valence-electron chi connectivity index (χ1n) is 12.0. The second-order valence-corrected chi connectivity index (χ2v) is 10.2. The molecule has 0 aliphatic heterocycles. The van der Waals surface area contributed by atoms with E-state index in [0.717, 1.165) is 25.5 Å². The quantitative estimate of drug-likeness (QED) is 0.235. The molecule has 12 heteroatoms. The number of nitrogens with two attached hydrogens (primary N) is 1. The smallest absolute Gasteiger partial charge is 0.398 e. The number of anilines is 2. The number of carbonyl (C=O) groups excluding carboxylic acids is 1. The minimum atomic E-state index is -4.66. The Morgan fingerprint density at radius 1 is 1.21 bits per heavy atom. The van der Waals surface area contributed by atoms with Crippen LogP contribution in [0.25, 0.3) is 22.3 Å². The SMILES string of the molecule is CC1(NC(=O)c2ccc(N)c(Cl)c2)CCCC(Nc2ncc(C(F)(F)F)c(-c3n[nH]c4ccccc34)n2)C1. The number of para-hydroxylation sites is 1. The van der Waals surface area contributed by atoms with Gasteiger partial charge in [-0.15, -0.1) is 0 Å². The minimum absolute atomic E-state index is 0.0611. The molecule has 8 nitrogen and oxygen atoms in total. The van der Waals surface area contributed by atoms with E-state index in [1.54, 1.807) is 36.4 Å². The van der Waals surface area contributed by atoms with E-state index in [0.29, 0.717) is 33.6 Å². The van der Waals surface area contributed by atoms with Gasteiger partial charge in [0, 0.05) is 28.7 Å². The van der Waals surface area contributed by atoms with Crippen LogP contribution >= 0.6 is 11.6 Å². The number of nitrogens with zero attached hydrogens (tertiary/aromatic N) is 3.